The minimum atomic E-state index is -0.580. The molecule has 7 nitrogen and oxygen atoms in total. The summed E-state index contributed by atoms with van der Waals surface area (Å²) in [5, 5.41) is 21.2. The lowest BCUT2D eigenvalue weighted by Crippen LogP contribution is -2.46. The lowest BCUT2D eigenvalue weighted by atomic mass is 9.93. The van der Waals surface area contributed by atoms with Crippen LogP contribution in [0.2, 0.25) is 5.02 Å². The van der Waals surface area contributed by atoms with E-state index in [0.717, 1.165) is 22.4 Å². The standard InChI is InChI=1S/C26H33ClN2O5/c1-2-33-21-6-3-16(4-7-21)9-18-10-17(5-8-23(18)27)25-13-19(30)11-22(34-25)15-29-14-20(31)12-24(29)26(28)32/h3-8,10,19-20,22,24-25,30-31H,2,9,11-15H2,1H3,(H2,28,32)/t19?,20?,22?,24-,25?/m0/s1. The predicted octanol–water partition coefficient (Wildman–Crippen LogP) is 2.83. The molecule has 2 aliphatic heterocycles. The number of likely N-dealkylation sites (tertiary alicyclic amines) is 1. The van der Waals surface area contributed by atoms with Gasteiger partial charge in [0.15, 0.2) is 0 Å². The van der Waals surface area contributed by atoms with Gasteiger partial charge in [-0.3, -0.25) is 9.69 Å². The van der Waals surface area contributed by atoms with E-state index >= 15 is 0 Å². The first-order valence-electron chi connectivity index (χ1n) is 11.9. The first kappa shape index (κ1) is 24.9. The van der Waals surface area contributed by atoms with E-state index in [1.165, 1.54) is 0 Å². The summed E-state index contributed by atoms with van der Waals surface area (Å²) >= 11 is 6.51. The number of ether oxygens (including phenoxy) is 2. The van der Waals surface area contributed by atoms with Crippen molar-refractivity contribution in [2.75, 3.05) is 19.7 Å². The minimum Gasteiger partial charge on any atom is -0.494 e. The molecule has 0 aliphatic carbocycles. The van der Waals surface area contributed by atoms with Gasteiger partial charge in [-0.2, -0.15) is 0 Å². The van der Waals surface area contributed by atoms with Gasteiger partial charge in [-0.15, -0.1) is 0 Å². The lowest BCUT2D eigenvalue weighted by molar-refractivity contribution is -0.126. The lowest BCUT2D eigenvalue weighted by Gasteiger charge is -2.36. The van der Waals surface area contributed by atoms with Gasteiger partial charge in [-0.1, -0.05) is 35.9 Å². The molecule has 5 atom stereocenters. The molecular formula is C26H33ClN2O5. The number of hydrogen-bond acceptors (Lipinski definition) is 6. The van der Waals surface area contributed by atoms with Crippen molar-refractivity contribution >= 4 is 17.5 Å². The van der Waals surface area contributed by atoms with Crippen LogP contribution >= 0.6 is 11.6 Å². The first-order valence-corrected chi connectivity index (χ1v) is 12.2. The zero-order valence-corrected chi connectivity index (χ0v) is 20.2. The number of β-amino-alcohol motifs (C(OH)–C–C–N with tert-alkyl or cyclic N) is 1. The SMILES string of the molecule is CCOc1ccc(Cc2cc(C3CC(O)CC(CN4CC(O)C[C@H]4C(N)=O)O3)ccc2Cl)cc1. The molecule has 0 aromatic heterocycles. The molecule has 2 aromatic rings. The fourth-order valence-electron chi connectivity index (χ4n) is 4.98. The Labute approximate surface area is 205 Å². The van der Waals surface area contributed by atoms with Crippen molar-refractivity contribution in [3.63, 3.8) is 0 Å². The Bertz CT molecular complexity index is 986. The molecule has 0 radical (unpaired) electrons. The molecule has 1 amide bonds. The number of aliphatic hydroxyl groups is 2. The molecule has 2 aliphatic rings. The van der Waals surface area contributed by atoms with Gasteiger partial charge >= 0.3 is 0 Å². The van der Waals surface area contributed by atoms with Gasteiger partial charge in [0.05, 0.1) is 37.1 Å². The number of amides is 1. The topological polar surface area (TPSA) is 105 Å². The average molecular weight is 489 g/mol. The highest BCUT2D eigenvalue weighted by molar-refractivity contribution is 6.31. The summed E-state index contributed by atoms with van der Waals surface area (Å²) in [7, 11) is 0. The number of hydrogen-bond donors (Lipinski definition) is 3. The number of carbonyl (C=O) groups excluding carboxylic acids is 1. The van der Waals surface area contributed by atoms with Crippen LogP contribution in [0.15, 0.2) is 42.5 Å². The molecule has 4 N–H and O–H groups in total. The predicted molar refractivity (Wildman–Crippen MR) is 130 cm³/mol. The van der Waals surface area contributed by atoms with Crippen LogP contribution in [0.3, 0.4) is 0 Å². The minimum absolute atomic E-state index is 0.272. The Hall–Kier alpha value is -2.16. The van der Waals surface area contributed by atoms with Gasteiger partial charge in [0.1, 0.15) is 5.75 Å². The molecule has 8 heteroatoms. The van der Waals surface area contributed by atoms with Crippen molar-refractivity contribution in [2.45, 2.75) is 63.1 Å². The van der Waals surface area contributed by atoms with E-state index in [1.54, 1.807) is 0 Å². The van der Waals surface area contributed by atoms with Crippen LogP contribution in [-0.2, 0) is 16.0 Å². The van der Waals surface area contributed by atoms with Crippen LogP contribution in [0, 0.1) is 0 Å². The fourth-order valence-corrected chi connectivity index (χ4v) is 5.17. The number of aliphatic hydroxyl groups excluding tert-OH is 2. The van der Waals surface area contributed by atoms with Crippen LogP contribution in [0.1, 0.15) is 49.0 Å². The monoisotopic (exact) mass is 488 g/mol. The number of carbonyl (C=O) groups is 1. The Morgan fingerprint density at radius 1 is 1.15 bits per heavy atom. The number of primary amides is 1. The highest BCUT2D eigenvalue weighted by atomic mass is 35.5. The second kappa shape index (κ2) is 11.1. The molecule has 4 rings (SSSR count). The number of rotatable bonds is 8. The molecule has 34 heavy (non-hydrogen) atoms. The normalized spacial score (nSPS) is 27.6. The number of benzene rings is 2. The molecule has 4 unspecified atom stereocenters. The van der Waals surface area contributed by atoms with Gasteiger partial charge in [-0.25, -0.2) is 0 Å². The van der Waals surface area contributed by atoms with E-state index in [4.69, 9.17) is 26.8 Å². The third-order valence-electron chi connectivity index (χ3n) is 6.60. The molecule has 2 saturated heterocycles. The highest BCUT2D eigenvalue weighted by Gasteiger charge is 2.38. The Balaban J connectivity index is 1.46. The number of nitrogens with zero attached hydrogens (tertiary/aromatic N) is 1. The van der Waals surface area contributed by atoms with Crippen molar-refractivity contribution in [1.82, 2.24) is 4.90 Å². The smallest absolute Gasteiger partial charge is 0.234 e. The van der Waals surface area contributed by atoms with Gasteiger partial charge in [0.25, 0.3) is 0 Å². The third-order valence-corrected chi connectivity index (χ3v) is 6.96. The van der Waals surface area contributed by atoms with Gasteiger partial charge in [0, 0.05) is 31.0 Å². The molecule has 2 aromatic carbocycles. The van der Waals surface area contributed by atoms with Crippen LogP contribution in [0.5, 0.6) is 5.75 Å². The molecule has 0 spiro atoms. The van der Waals surface area contributed by atoms with Gasteiger partial charge < -0.3 is 25.4 Å². The van der Waals surface area contributed by atoms with Crippen molar-refractivity contribution in [3.05, 3.63) is 64.2 Å². The van der Waals surface area contributed by atoms with Crippen LogP contribution in [0.4, 0.5) is 0 Å². The maximum absolute atomic E-state index is 11.8. The molecule has 2 fully saturated rings. The second-order valence-corrected chi connectivity index (χ2v) is 9.65. The van der Waals surface area contributed by atoms with Crippen LogP contribution in [-0.4, -0.2) is 65.1 Å². The van der Waals surface area contributed by atoms with Gasteiger partial charge in [0.2, 0.25) is 5.91 Å². The Morgan fingerprint density at radius 3 is 2.62 bits per heavy atom. The van der Waals surface area contributed by atoms with Crippen molar-refractivity contribution in [1.29, 1.82) is 0 Å². The van der Waals surface area contributed by atoms with Crippen LogP contribution < -0.4 is 10.5 Å². The summed E-state index contributed by atoms with van der Waals surface area (Å²) < 4.78 is 11.9. The summed E-state index contributed by atoms with van der Waals surface area (Å²) in [6, 6.07) is 13.3. The van der Waals surface area contributed by atoms with E-state index in [0.29, 0.717) is 50.4 Å². The van der Waals surface area contributed by atoms with Crippen molar-refractivity contribution < 1.29 is 24.5 Å². The highest BCUT2D eigenvalue weighted by Crippen LogP contribution is 2.35. The maximum atomic E-state index is 11.8. The Kier molecular flexibility index (Phi) is 8.11. The van der Waals surface area contributed by atoms with E-state index in [2.05, 4.69) is 0 Å². The molecule has 0 saturated carbocycles. The quantitative estimate of drug-likeness (QED) is 0.527. The third kappa shape index (κ3) is 6.09. The summed E-state index contributed by atoms with van der Waals surface area (Å²) in [5.41, 5.74) is 8.58. The summed E-state index contributed by atoms with van der Waals surface area (Å²) in [4.78, 5) is 13.6. The van der Waals surface area contributed by atoms with E-state index in [1.807, 2.05) is 54.3 Å². The number of nitrogens with two attached hydrogens (primary N) is 1. The fraction of sp³-hybridized carbons (Fsp3) is 0.500. The number of halogens is 1. The van der Waals surface area contributed by atoms with Crippen molar-refractivity contribution in [2.24, 2.45) is 5.73 Å². The van der Waals surface area contributed by atoms with Crippen LogP contribution in [0.25, 0.3) is 0 Å². The average Bonchev–Trinajstić information content (AvgIpc) is 3.16. The first-order chi connectivity index (χ1) is 16.3. The maximum Gasteiger partial charge on any atom is 0.234 e. The summed E-state index contributed by atoms with van der Waals surface area (Å²) in [6.45, 7) is 3.40. The Morgan fingerprint density at radius 2 is 1.91 bits per heavy atom. The molecule has 2 heterocycles. The van der Waals surface area contributed by atoms with E-state index in [-0.39, 0.29) is 12.2 Å². The second-order valence-electron chi connectivity index (χ2n) is 9.24. The summed E-state index contributed by atoms with van der Waals surface area (Å²) in [5.74, 6) is 0.395. The van der Waals surface area contributed by atoms with E-state index < -0.39 is 24.2 Å². The van der Waals surface area contributed by atoms with Crippen molar-refractivity contribution in [3.8, 4) is 5.75 Å². The molecule has 0 bridgehead atoms. The largest absolute Gasteiger partial charge is 0.494 e. The van der Waals surface area contributed by atoms with E-state index in [9.17, 15) is 15.0 Å². The zero-order chi connectivity index (χ0) is 24.2. The summed E-state index contributed by atoms with van der Waals surface area (Å²) in [6.07, 6.45) is 0.306. The molecule has 184 valence electrons. The van der Waals surface area contributed by atoms with Gasteiger partial charge in [-0.05, 0) is 54.7 Å². The molecular weight excluding hydrogens is 456 g/mol. The zero-order valence-electron chi connectivity index (χ0n) is 19.4.